The molecular weight excluding hydrogens is 116 g/mol. The van der Waals surface area contributed by atoms with E-state index < -0.39 is 16.3 Å². The number of hydrogen-bond acceptors (Lipinski definition) is 3. The van der Waals surface area contributed by atoms with Crippen LogP contribution in [0.15, 0.2) is 0 Å². The maximum atomic E-state index is 9.53. The van der Waals surface area contributed by atoms with E-state index in [0.717, 1.165) is 0 Å². The van der Waals surface area contributed by atoms with Crippen LogP contribution in [0.2, 0.25) is 0 Å². The van der Waals surface area contributed by atoms with Crippen molar-refractivity contribution in [2.24, 2.45) is 0 Å². The molecule has 0 radical (unpaired) electrons. The van der Waals surface area contributed by atoms with E-state index in [9.17, 15) is 13.0 Å². The van der Waals surface area contributed by atoms with Crippen LogP contribution in [-0.2, 0) is 10.1 Å². The maximum absolute atomic E-state index is 9.53. The van der Waals surface area contributed by atoms with Crippen LogP contribution >= 0.6 is 0 Å². The third-order valence-electron chi connectivity index (χ3n) is 0. The van der Waals surface area contributed by atoms with Gasteiger partial charge in [0.15, 0.2) is 0 Å². The van der Waals surface area contributed by atoms with Crippen LogP contribution in [0.1, 0.15) is 4.11 Å². The van der Waals surface area contributed by atoms with E-state index in [-0.39, 0.29) is 29.6 Å². The van der Waals surface area contributed by atoms with Gasteiger partial charge in [-0.3, -0.25) is 0 Å². The van der Waals surface area contributed by atoms with Crippen molar-refractivity contribution < 1.29 is 46.6 Å². The van der Waals surface area contributed by atoms with Crippen LogP contribution in [-0.4, -0.2) is 19.2 Å². The summed E-state index contributed by atoms with van der Waals surface area (Å²) in [7, 11) is -5.09. The van der Waals surface area contributed by atoms with Crippen molar-refractivity contribution in [3.8, 4) is 0 Å². The van der Waals surface area contributed by atoms with Gasteiger partial charge >= 0.3 is 29.6 Å². The van der Waals surface area contributed by atoms with Gasteiger partial charge in [-0.05, 0) is 0 Å². The molecule has 0 aromatic heterocycles. The summed E-state index contributed by atoms with van der Waals surface area (Å²) in [4.78, 5) is 0. The van der Waals surface area contributed by atoms with E-state index in [1.54, 1.807) is 0 Å². The molecule has 0 bridgehead atoms. The second-order valence-electron chi connectivity index (χ2n) is 0.454. The van der Waals surface area contributed by atoms with Crippen molar-refractivity contribution >= 4 is 10.1 Å². The quantitative estimate of drug-likeness (QED) is 0.188. The molecule has 6 heavy (non-hydrogen) atoms. The van der Waals surface area contributed by atoms with Crippen molar-refractivity contribution in [1.29, 1.82) is 0 Å². The topological polar surface area (TPSA) is 57.2 Å². The van der Waals surface area contributed by atoms with Crippen LogP contribution in [0, 0.1) is 0 Å². The third kappa shape index (κ3) is 90.6. The Morgan fingerprint density at radius 2 is 2.00 bits per heavy atom. The second kappa shape index (κ2) is 2.98. The van der Waals surface area contributed by atoms with Crippen molar-refractivity contribution in [2.75, 3.05) is 6.18 Å². The molecule has 0 aliphatic rings. The molecule has 3 nitrogen and oxygen atoms in total. The van der Waals surface area contributed by atoms with E-state index in [2.05, 4.69) is 0 Å². The zero-order chi connectivity index (χ0) is 7.00. The first-order valence-electron chi connectivity index (χ1n) is 2.20. The third-order valence-corrected chi connectivity index (χ3v) is 0. The molecular formula is CH3NaO3S. The molecule has 5 heteroatoms. The maximum Gasteiger partial charge on any atom is 1.00 e. The molecule has 0 amide bonds. The first kappa shape index (κ1) is 3.86. The van der Waals surface area contributed by atoms with E-state index in [1.807, 2.05) is 0 Å². The van der Waals surface area contributed by atoms with Gasteiger partial charge in [0.1, 0.15) is 0 Å². The van der Waals surface area contributed by atoms with Crippen molar-refractivity contribution in [3.05, 3.63) is 0 Å². The zero-order valence-electron chi connectivity index (χ0n) is 6.13. The van der Waals surface area contributed by atoms with E-state index in [0.29, 0.717) is 0 Å². The smallest absolute Gasteiger partial charge is 0.748 e. The molecule has 0 aliphatic heterocycles. The molecule has 0 rings (SSSR count). The fourth-order valence-corrected chi connectivity index (χ4v) is 0. The molecule has 0 unspecified atom stereocenters. The molecule has 0 atom stereocenters. The summed E-state index contributed by atoms with van der Waals surface area (Å²) in [6.45, 7) is 0. The second-order valence-corrected chi connectivity index (χ2v) is 1.36. The minimum atomic E-state index is -5.09. The predicted octanol–water partition coefficient (Wildman–Crippen LogP) is -3.83. The Balaban J connectivity index is 0. The molecule has 0 saturated carbocycles. The van der Waals surface area contributed by atoms with Gasteiger partial charge in [-0.25, -0.2) is 8.42 Å². The summed E-state index contributed by atoms with van der Waals surface area (Å²) in [6.07, 6.45) is -3.40. The standard InChI is InChI=1S/CH4O3S.Na/c1-5(2,3)4;/h1H3,(H,2,3,4);/q;+1/p-1/i1+1D3;. The monoisotopic (exact) mass is 122 g/mol. The van der Waals surface area contributed by atoms with Crippen molar-refractivity contribution in [2.45, 2.75) is 0 Å². The van der Waals surface area contributed by atoms with Gasteiger partial charge in [0.05, 0.1) is 10.1 Å². The molecule has 0 saturated heterocycles. The van der Waals surface area contributed by atoms with Crippen molar-refractivity contribution in [1.82, 2.24) is 0 Å². The minimum Gasteiger partial charge on any atom is -0.748 e. The first-order valence-corrected chi connectivity index (χ1v) is 2.11. The Morgan fingerprint density at radius 3 is 2.00 bits per heavy atom. The van der Waals surface area contributed by atoms with Crippen LogP contribution in [0.4, 0.5) is 0 Å². The van der Waals surface area contributed by atoms with Crippen molar-refractivity contribution in [3.63, 3.8) is 0 Å². The normalized spacial score (nSPS) is 19.2. The van der Waals surface area contributed by atoms with E-state index >= 15 is 0 Å². The molecule has 0 N–H and O–H groups in total. The summed E-state index contributed by atoms with van der Waals surface area (Å²) < 4.78 is 46.7. The Hall–Kier alpha value is 0.910. The van der Waals surface area contributed by atoms with Crippen LogP contribution in [0.3, 0.4) is 0 Å². The Bertz CT molecular complexity index is 168. The summed E-state index contributed by atoms with van der Waals surface area (Å²) in [5.41, 5.74) is 0. The molecule has 32 valence electrons. The average Bonchev–Trinajstić information content (AvgIpc) is 1.25. The SMILES string of the molecule is [2H][13C]([2H])([2H])S(=O)(=O)[O-].[Na+]. The minimum absolute atomic E-state index is 0. The first-order chi connectivity index (χ1) is 3.25. The predicted molar refractivity (Wildman–Crippen MR) is 15.6 cm³/mol. The summed E-state index contributed by atoms with van der Waals surface area (Å²) in [5.74, 6) is 0. The molecule has 0 aromatic rings. The number of rotatable bonds is 0. The Labute approximate surface area is 63.0 Å². The number of hydrogen-bond donors (Lipinski definition) is 0. The fourth-order valence-electron chi connectivity index (χ4n) is 0. The van der Waals surface area contributed by atoms with Gasteiger partial charge in [-0.15, -0.1) is 0 Å². The van der Waals surface area contributed by atoms with Crippen LogP contribution < -0.4 is 29.6 Å². The van der Waals surface area contributed by atoms with Gasteiger partial charge in [-0.1, -0.05) is 0 Å². The van der Waals surface area contributed by atoms with E-state index in [1.165, 1.54) is 0 Å². The Kier molecular flexibility index (Phi) is 1.92. The van der Waals surface area contributed by atoms with Gasteiger partial charge in [0.25, 0.3) is 0 Å². The van der Waals surface area contributed by atoms with E-state index in [4.69, 9.17) is 4.11 Å². The molecule has 0 spiro atoms. The molecule has 0 aliphatic carbocycles. The van der Waals surface area contributed by atoms with Gasteiger partial charge in [0, 0.05) is 10.3 Å². The molecule has 0 fully saturated rings. The molecule has 0 aromatic carbocycles. The van der Waals surface area contributed by atoms with Crippen LogP contribution in [0.5, 0.6) is 0 Å². The Morgan fingerprint density at radius 1 is 1.83 bits per heavy atom. The zero-order valence-corrected chi connectivity index (χ0v) is 5.95. The summed E-state index contributed by atoms with van der Waals surface area (Å²) >= 11 is 0. The van der Waals surface area contributed by atoms with Gasteiger partial charge in [-0.2, -0.15) is 0 Å². The fraction of sp³-hybridized carbons (Fsp3) is 1.00. The van der Waals surface area contributed by atoms with Gasteiger partial charge < -0.3 is 4.55 Å². The average molecular weight is 122 g/mol. The largest absolute Gasteiger partial charge is 1.00 e. The summed E-state index contributed by atoms with van der Waals surface area (Å²) in [6, 6.07) is 0. The van der Waals surface area contributed by atoms with Gasteiger partial charge in [0.2, 0.25) is 0 Å². The molecule has 0 heterocycles. The van der Waals surface area contributed by atoms with Crippen LogP contribution in [0.25, 0.3) is 0 Å². The summed E-state index contributed by atoms with van der Waals surface area (Å²) in [5, 5.41) is 0.